The Morgan fingerprint density at radius 3 is 2.47 bits per heavy atom. The van der Waals surface area contributed by atoms with Gasteiger partial charge in [-0.05, 0) is 47.9 Å². The monoisotopic (exact) mass is 465 g/mol. The Morgan fingerprint density at radius 2 is 1.76 bits per heavy atom. The van der Waals surface area contributed by atoms with Crippen LogP contribution in [0, 0.1) is 0 Å². The van der Waals surface area contributed by atoms with E-state index in [1.165, 1.54) is 17.0 Å². The van der Waals surface area contributed by atoms with Crippen LogP contribution in [0.3, 0.4) is 0 Å². The molecule has 0 saturated heterocycles. The van der Waals surface area contributed by atoms with Crippen molar-refractivity contribution in [3.63, 3.8) is 0 Å². The predicted molar refractivity (Wildman–Crippen MR) is 126 cm³/mol. The summed E-state index contributed by atoms with van der Waals surface area (Å²) in [5.74, 6) is -0.944. The highest BCUT2D eigenvalue weighted by atomic mass is 19.4. The van der Waals surface area contributed by atoms with Crippen LogP contribution in [0.25, 0.3) is 0 Å². The Bertz CT molecular complexity index is 1250. The Labute approximate surface area is 194 Å². The van der Waals surface area contributed by atoms with E-state index in [-0.39, 0.29) is 24.6 Å². The molecule has 0 atom stereocenters. The van der Waals surface area contributed by atoms with Crippen molar-refractivity contribution in [2.24, 2.45) is 4.99 Å². The third-order valence-electron chi connectivity index (χ3n) is 5.52. The van der Waals surface area contributed by atoms with Crippen LogP contribution in [-0.2, 0) is 22.2 Å². The van der Waals surface area contributed by atoms with Gasteiger partial charge in [0.2, 0.25) is 11.8 Å². The first-order valence-corrected chi connectivity index (χ1v) is 10.8. The molecule has 1 heterocycles. The summed E-state index contributed by atoms with van der Waals surface area (Å²) in [6.07, 6.45) is -3.65. The van der Waals surface area contributed by atoms with Crippen LogP contribution in [0.1, 0.15) is 30.0 Å². The molecule has 1 aliphatic rings. The lowest BCUT2D eigenvalue weighted by molar-refractivity contribution is -0.137. The normalized spacial score (nSPS) is 13.7. The number of fused-ring (bicyclic) bond motifs is 1. The van der Waals surface area contributed by atoms with E-state index in [1.807, 2.05) is 24.3 Å². The van der Waals surface area contributed by atoms with Crippen LogP contribution in [0.15, 0.2) is 77.8 Å². The first-order valence-electron chi connectivity index (χ1n) is 10.8. The largest absolute Gasteiger partial charge is 0.416 e. The zero-order valence-electron chi connectivity index (χ0n) is 18.4. The van der Waals surface area contributed by atoms with Crippen molar-refractivity contribution in [3.05, 3.63) is 89.5 Å². The maximum atomic E-state index is 13.2. The van der Waals surface area contributed by atoms with Gasteiger partial charge in [-0.15, -0.1) is 0 Å². The number of alkyl halides is 3. The fraction of sp³-hybridized carbons (Fsp3) is 0.192. The van der Waals surface area contributed by atoms with Gasteiger partial charge in [0.1, 0.15) is 6.54 Å². The molecule has 0 bridgehead atoms. The first kappa shape index (κ1) is 23.2. The summed E-state index contributed by atoms with van der Waals surface area (Å²) in [5, 5.41) is 2.46. The molecular weight excluding hydrogens is 443 g/mol. The average Bonchev–Trinajstić information content (AvgIpc) is 2.95. The minimum Gasteiger partial charge on any atom is -0.325 e. The Hall–Kier alpha value is -3.94. The second-order valence-corrected chi connectivity index (χ2v) is 7.88. The highest BCUT2D eigenvalue weighted by Gasteiger charge is 2.31. The van der Waals surface area contributed by atoms with E-state index in [9.17, 15) is 22.8 Å². The second kappa shape index (κ2) is 9.51. The fourth-order valence-electron chi connectivity index (χ4n) is 3.74. The minimum atomic E-state index is -4.52. The highest BCUT2D eigenvalue weighted by molar-refractivity contribution is 6.19. The molecule has 0 spiro atoms. The predicted octanol–water partition coefficient (Wildman–Crippen LogP) is 5.76. The van der Waals surface area contributed by atoms with E-state index in [0.717, 1.165) is 29.7 Å². The third-order valence-corrected chi connectivity index (χ3v) is 5.52. The highest BCUT2D eigenvalue weighted by Crippen LogP contribution is 2.33. The minimum absolute atomic E-state index is 0.00309. The summed E-state index contributed by atoms with van der Waals surface area (Å²) in [7, 11) is 0. The number of aliphatic imine (C=N–C) groups is 1. The van der Waals surface area contributed by atoms with Crippen molar-refractivity contribution in [2.45, 2.75) is 25.9 Å². The fourth-order valence-corrected chi connectivity index (χ4v) is 3.74. The molecule has 2 amide bonds. The Kier molecular flexibility index (Phi) is 6.49. The van der Waals surface area contributed by atoms with Gasteiger partial charge >= 0.3 is 6.18 Å². The van der Waals surface area contributed by atoms with E-state index in [2.05, 4.69) is 12.2 Å². The van der Waals surface area contributed by atoms with Crippen molar-refractivity contribution >= 4 is 34.6 Å². The zero-order chi connectivity index (χ0) is 24.3. The smallest absolute Gasteiger partial charge is 0.325 e. The van der Waals surface area contributed by atoms with Crippen LogP contribution in [-0.4, -0.2) is 24.1 Å². The molecule has 0 radical (unpaired) electrons. The number of aryl methyl sites for hydroxylation is 1. The lowest BCUT2D eigenvalue weighted by Crippen LogP contribution is -2.38. The molecule has 3 aromatic rings. The summed E-state index contributed by atoms with van der Waals surface area (Å²) in [6, 6.07) is 19.2. The van der Waals surface area contributed by atoms with Gasteiger partial charge < -0.3 is 10.2 Å². The maximum Gasteiger partial charge on any atom is 0.416 e. The topological polar surface area (TPSA) is 61.8 Å². The van der Waals surface area contributed by atoms with Gasteiger partial charge in [0.05, 0.1) is 29.1 Å². The quantitative estimate of drug-likeness (QED) is 0.521. The first-order chi connectivity index (χ1) is 16.2. The molecule has 0 unspecified atom stereocenters. The number of benzene rings is 3. The summed E-state index contributed by atoms with van der Waals surface area (Å²) in [4.78, 5) is 31.9. The summed E-state index contributed by atoms with van der Waals surface area (Å²) in [5.41, 5.74) is 2.70. The van der Waals surface area contributed by atoms with Crippen LogP contribution in [0.4, 0.5) is 30.2 Å². The molecule has 3 aromatic carbocycles. The van der Waals surface area contributed by atoms with Crippen molar-refractivity contribution in [2.75, 3.05) is 16.8 Å². The number of halogens is 3. The lowest BCUT2D eigenvalue weighted by Gasteiger charge is -2.22. The number of anilines is 2. The molecular formula is C26H22F3N3O2. The van der Waals surface area contributed by atoms with Crippen LogP contribution >= 0.6 is 0 Å². The van der Waals surface area contributed by atoms with Gasteiger partial charge in [-0.1, -0.05) is 49.4 Å². The molecule has 4 rings (SSSR count). The van der Waals surface area contributed by atoms with Gasteiger partial charge in [-0.2, -0.15) is 13.2 Å². The van der Waals surface area contributed by atoms with Gasteiger partial charge in [0.25, 0.3) is 0 Å². The van der Waals surface area contributed by atoms with Gasteiger partial charge in [0, 0.05) is 5.69 Å². The zero-order valence-corrected chi connectivity index (χ0v) is 18.4. The van der Waals surface area contributed by atoms with Gasteiger partial charge in [-0.25, -0.2) is 0 Å². The molecule has 0 aromatic heterocycles. The molecule has 0 fully saturated rings. The number of hydrogen-bond donors (Lipinski definition) is 1. The molecule has 0 saturated carbocycles. The van der Waals surface area contributed by atoms with E-state index in [0.29, 0.717) is 17.1 Å². The molecule has 1 N–H and O–H groups in total. The van der Waals surface area contributed by atoms with E-state index in [4.69, 9.17) is 4.99 Å². The Balaban J connectivity index is 1.57. The molecule has 34 heavy (non-hydrogen) atoms. The number of nitrogens with zero attached hydrogens (tertiary/aromatic N) is 2. The number of nitrogens with one attached hydrogen (secondary N) is 1. The average molecular weight is 465 g/mol. The van der Waals surface area contributed by atoms with Crippen LogP contribution < -0.4 is 10.2 Å². The summed E-state index contributed by atoms with van der Waals surface area (Å²) < 4.78 is 38.9. The Morgan fingerprint density at radius 1 is 1.03 bits per heavy atom. The molecule has 1 aliphatic heterocycles. The lowest BCUT2D eigenvalue weighted by atomic mass is 10.0. The second-order valence-electron chi connectivity index (χ2n) is 7.88. The van der Waals surface area contributed by atoms with E-state index in [1.54, 1.807) is 24.3 Å². The summed E-state index contributed by atoms with van der Waals surface area (Å²) >= 11 is 0. The van der Waals surface area contributed by atoms with Crippen molar-refractivity contribution in [1.29, 1.82) is 0 Å². The number of amides is 2. The van der Waals surface area contributed by atoms with Crippen LogP contribution in [0.5, 0.6) is 0 Å². The molecule has 8 heteroatoms. The van der Waals surface area contributed by atoms with Gasteiger partial charge in [-0.3, -0.25) is 14.6 Å². The standard InChI is InChI=1S/C26H22F3N3O2/c1-2-17-10-12-18(13-11-17)22-15-25(34)32(23-9-4-3-8-21(23)31-22)16-24(33)30-20-7-5-6-19(14-20)26(27,28)29/h3-14H,2,15-16H2,1H3,(H,30,33). The number of para-hydroxylation sites is 2. The van der Waals surface area contributed by atoms with Crippen molar-refractivity contribution in [1.82, 2.24) is 0 Å². The van der Waals surface area contributed by atoms with E-state index < -0.39 is 17.6 Å². The van der Waals surface area contributed by atoms with Crippen LogP contribution in [0.2, 0.25) is 0 Å². The third kappa shape index (κ3) is 5.17. The summed E-state index contributed by atoms with van der Waals surface area (Å²) in [6.45, 7) is 1.70. The van der Waals surface area contributed by atoms with Crippen molar-refractivity contribution < 1.29 is 22.8 Å². The molecule has 174 valence electrons. The maximum absolute atomic E-state index is 13.2. The molecule has 5 nitrogen and oxygen atoms in total. The number of hydrogen-bond acceptors (Lipinski definition) is 3. The number of carbonyl (C=O) groups is 2. The number of carbonyl (C=O) groups excluding carboxylic acids is 2. The van der Waals surface area contributed by atoms with Crippen molar-refractivity contribution in [3.8, 4) is 0 Å². The molecule has 0 aliphatic carbocycles. The SMILES string of the molecule is CCc1ccc(C2=Nc3ccccc3N(CC(=O)Nc3cccc(C(F)(F)F)c3)C(=O)C2)cc1. The van der Waals surface area contributed by atoms with Gasteiger partial charge in [0.15, 0.2) is 0 Å². The number of rotatable bonds is 5. The van der Waals surface area contributed by atoms with E-state index >= 15 is 0 Å².